The largest absolute Gasteiger partial charge is 0.497 e. The smallest absolute Gasteiger partial charge is 0.242 e. The number of nitrogens with two attached hydrogens (primary N) is 1. The van der Waals surface area contributed by atoms with Crippen LogP contribution in [0.4, 0.5) is 5.69 Å². The van der Waals surface area contributed by atoms with E-state index in [9.17, 15) is 4.79 Å². The summed E-state index contributed by atoms with van der Waals surface area (Å²) in [5, 5.41) is 0. The Morgan fingerprint density at radius 1 is 1.40 bits per heavy atom. The molecule has 1 aromatic rings. The number of amides is 1. The SMILES string of the molecule is COc1ccc(CN)c(N(C)CC(=O)N2CCCC2)c1. The fourth-order valence-electron chi connectivity index (χ4n) is 2.55. The van der Waals surface area contributed by atoms with Crippen molar-refractivity contribution in [2.45, 2.75) is 19.4 Å². The number of ether oxygens (including phenoxy) is 1. The molecule has 2 N–H and O–H groups in total. The van der Waals surface area contributed by atoms with Crippen molar-refractivity contribution in [2.75, 3.05) is 38.7 Å². The minimum Gasteiger partial charge on any atom is -0.497 e. The van der Waals surface area contributed by atoms with Gasteiger partial charge in [-0.2, -0.15) is 0 Å². The zero-order valence-corrected chi connectivity index (χ0v) is 12.3. The maximum absolute atomic E-state index is 12.2. The number of benzene rings is 1. The maximum atomic E-state index is 12.2. The quantitative estimate of drug-likeness (QED) is 0.879. The van der Waals surface area contributed by atoms with Gasteiger partial charge in [-0.3, -0.25) is 4.79 Å². The summed E-state index contributed by atoms with van der Waals surface area (Å²) in [4.78, 5) is 16.1. The lowest BCUT2D eigenvalue weighted by atomic mass is 10.1. The van der Waals surface area contributed by atoms with E-state index in [2.05, 4.69) is 0 Å². The van der Waals surface area contributed by atoms with Gasteiger partial charge in [0.05, 0.1) is 13.7 Å². The van der Waals surface area contributed by atoms with Crippen molar-refractivity contribution in [1.29, 1.82) is 0 Å². The van der Waals surface area contributed by atoms with Crippen molar-refractivity contribution in [1.82, 2.24) is 4.90 Å². The molecule has 5 nitrogen and oxygen atoms in total. The standard InChI is InChI=1S/C15H23N3O2/c1-17(11-15(19)18-7-3-4-8-18)14-9-13(20-2)6-5-12(14)10-16/h5-6,9H,3-4,7-8,10-11,16H2,1-2H3. The summed E-state index contributed by atoms with van der Waals surface area (Å²) < 4.78 is 5.25. The van der Waals surface area contributed by atoms with E-state index in [-0.39, 0.29) is 5.91 Å². The summed E-state index contributed by atoms with van der Waals surface area (Å²) in [5.74, 6) is 0.952. The van der Waals surface area contributed by atoms with Gasteiger partial charge in [0.2, 0.25) is 5.91 Å². The molecule has 0 aliphatic carbocycles. The Balaban J connectivity index is 2.10. The molecule has 0 aromatic heterocycles. The van der Waals surface area contributed by atoms with Crippen LogP contribution in [0.2, 0.25) is 0 Å². The summed E-state index contributed by atoms with van der Waals surface area (Å²) in [7, 11) is 3.55. The van der Waals surface area contributed by atoms with Crippen molar-refractivity contribution >= 4 is 11.6 Å². The van der Waals surface area contributed by atoms with E-state index in [4.69, 9.17) is 10.5 Å². The topological polar surface area (TPSA) is 58.8 Å². The van der Waals surface area contributed by atoms with Crippen molar-refractivity contribution < 1.29 is 9.53 Å². The summed E-state index contributed by atoms with van der Waals surface area (Å²) in [6.07, 6.45) is 2.23. The summed E-state index contributed by atoms with van der Waals surface area (Å²) >= 11 is 0. The van der Waals surface area contributed by atoms with Gasteiger partial charge < -0.3 is 20.3 Å². The van der Waals surface area contributed by atoms with E-state index >= 15 is 0 Å². The highest BCUT2D eigenvalue weighted by Gasteiger charge is 2.20. The van der Waals surface area contributed by atoms with Crippen LogP contribution >= 0.6 is 0 Å². The molecule has 0 saturated carbocycles. The molecule has 1 amide bonds. The summed E-state index contributed by atoms with van der Waals surface area (Å²) in [6.45, 7) is 2.59. The normalized spacial score (nSPS) is 14.4. The zero-order valence-electron chi connectivity index (χ0n) is 12.3. The molecule has 1 heterocycles. The Labute approximate surface area is 120 Å². The van der Waals surface area contributed by atoms with Crippen LogP contribution in [0.15, 0.2) is 18.2 Å². The number of carbonyl (C=O) groups excluding carboxylic acids is 1. The maximum Gasteiger partial charge on any atom is 0.242 e. The Kier molecular flexibility index (Phi) is 4.84. The van der Waals surface area contributed by atoms with Crippen LogP contribution in [-0.2, 0) is 11.3 Å². The number of carbonyl (C=O) groups is 1. The number of hydrogen-bond donors (Lipinski definition) is 1. The molecule has 1 aromatic carbocycles. The first-order valence-corrected chi connectivity index (χ1v) is 7.01. The van der Waals surface area contributed by atoms with Crippen molar-refractivity contribution in [3.8, 4) is 5.75 Å². The molecular formula is C15H23N3O2. The van der Waals surface area contributed by atoms with Crippen LogP contribution in [0.1, 0.15) is 18.4 Å². The van der Waals surface area contributed by atoms with Gasteiger partial charge in [0.1, 0.15) is 5.75 Å². The first kappa shape index (κ1) is 14.7. The monoisotopic (exact) mass is 277 g/mol. The molecule has 0 radical (unpaired) electrons. The van der Waals surface area contributed by atoms with Crippen LogP contribution in [-0.4, -0.2) is 44.6 Å². The van der Waals surface area contributed by atoms with Gasteiger partial charge in [0.15, 0.2) is 0 Å². The van der Waals surface area contributed by atoms with Crippen LogP contribution in [0, 0.1) is 0 Å². The fraction of sp³-hybridized carbons (Fsp3) is 0.533. The number of hydrogen-bond acceptors (Lipinski definition) is 4. The van der Waals surface area contributed by atoms with Crippen molar-refractivity contribution in [3.05, 3.63) is 23.8 Å². The van der Waals surface area contributed by atoms with Crippen molar-refractivity contribution in [3.63, 3.8) is 0 Å². The van der Waals surface area contributed by atoms with Crippen LogP contribution < -0.4 is 15.4 Å². The highest BCUT2D eigenvalue weighted by molar-refractivity contribution is 5.82. The second kappa shape index (κ2) is 6.61. The van der Waals surface area contributed by atoms with Gasteiger partial charge in [-0.15, -0.1) is 0 Å². The Hall–Kier alpha value is -1.75. The Bertz CT molecular complexity index is 470. The summed E-state index contributed by atoms with van der Waals surface area (Å²) in [5.41, 5.74) is 7.74. The average molecular weight is 277 g/mol. The molecule has 2 rings (SSSR count). The number of rotatable bonds is 5. The molecule has 1 aliphatic rings. The Morgan fingerprint density at radius 3 is 2.70 bits per heavy atom. The van der Waals surface area contributed by atoms with Crippen LogP contribution in [0.5, 0.6) is 5.75 Å². The molecule has 5 heteroatoms. The second-order valence-corrected chi connectivity index (χ2v) is 5.14. The second-order valence-electron chi connectivity index (χ2n) is 5.14. The van der Waals surface area contributed by atoms with E-state index in [1.807, 2.05) is 35.0 Å². The van der Waals surface area contributed by atoms with Gasteiger partial charge >= 0.3 is 0 Å². The third-order valence-corrected chi connectivity index (χ3v) is 3.75. The molecule has 0 unspecified atom stereocenters. The van der Waals surface area contributed by atoms with Crippen molar-refractivity contribution in [2.24, 2.45) is 5.73 Å². The molecule has 110 valence electrons. The molecule has 1 aliphatic heterocycles. The zero-order chi connectivity index (χ0) is 14.5. The molecule has 1 saturated heterocycles. The minimum atomic E-state index is 0.177. The van der Waals surface area contributed by atoms with Gasteiger partial charge in [-0.25, -0.2) is 0 Å². The molecule has 1 fully saturated rings. The third-order valence-electron chi connectivity index (χ3n) is 3.75. The van der Waals surface area contributed by atoms with Gasteiger partial charge in [0.25, 0.3) is 0 Å². The van der Waals surface area contributed by atoms with E-state index in [1.54, 1.807) is 7.11 Å². The lowest BCUT2D eigenvalue weighted by molar-refractivity contribution is -0.128. The number of methoxy groups -OCH3 is 1. The third kappa shape index (κ3) is 3.22. The summed E-state index contributed by atoms with van der Waals surface area (Å²) in [6, 6.07) is 5.77. The predicted molar refractivity (Wildman–Crippen MR) is 80.0 cm³/mol. The lowest BCUT2D eigenvalue weighted by Gasteiger charge is -2.25. The molecule has 0 bridgehead atoms. The van der Waals surface area contributed by atoms with Gasteiger partial charge in [-0.1, -0.05) is 6.07 Å². The van der Waals surface area contributed by atoms with Gasteiger partial charge in [0, 0.05) is 38.4 Å². The number of anilines is 1. The van der Waals surface area contributed by atoms with E-state index < -0.39 is 0 Å². The van der Waals surface area contributed by atoms with Crippen LogP contribution in [0.3, 0.4) is 0 Å². The number of likely N-dealkylation sites (tertiary alicyclic amines) is 1. The highest BCUT2D eigenvalue weighted by Crippen LogP contribution is 2.25. The Morgan fingerprint density at radius 2 is 2.10 bits per heavy atom. The van der Waals surface area contributed by atoms with E-state index in [0.717, 1.165) is 42.9 Å². The minimum absolute atomic E-state index is 0.177. The lowest BCUT2D eigenvalue weighted by Crippen LogP contribution is -2.37. The average Bonchev–Trinajstić information content (AvgIpc) is 3.00. The fourth-order valence-corrected chi connectivity index (χ4v) is 2.55. The molecular weight excluding hydrogens is 254 g/mol. The molecule has 0 spiro atoms. The van der Waals surface area contributed by atoms with Crippen LogP contribution in [0.25, 0.3) is 0 Å². The molecule has 20 heavy (non-hydrogen) atoms. The first-order valence-electron chi connectivity index (χ1n) is 7.01. The first-order chi connectivity index (χ1) is 9.65. The predicted octanol–water partition coefficient (Wildman–Crippen LogP) is 1.21. The van der Waals surface area contributed by atoms with E-state index in [0.29, 0.717) is 13.1 Å². The molecule has 0 atom stereocenters. The van der Waals surface area contributed by atoms with Gasteiger partial charge in [-0.05, 0) is 24.5 Å². The number of nitrogens with zero attached hydrogens (tertiary/aromatic N) is 2. The van der Waals surface area contributed by atoms with E-state index in [1.165, 1.54) is 0 Å². The highest BCUT2D eigenvalue weighted by atomic mass is 16.5. The number of likely N-dealkylation sites (N-methyl/N-ethyl adjacent to an activating group) is 1.